The van der Waals surface area contributed by atoms with Crippen LogP contribution in [0.25, 0.3) is 0 Å². The van der Waals surface area contributed by atoms with Gasteiger partial charge in [-0.3, -0.25) is 0 Å². The second-order valence-electron chi connectivity index (χ2n) is 10.3. The van der Waals surface area contributed by atoms with Crippen molar-refractivity contribution in [1.29, 1.82) is 0 Å². The summed E-state index contributed by atoms with van der Waals surface area (Å²) in [4.78, 5) is 13.7. The van der Waals surface area contributed by atoms with Gasteiger partial charge in [0, 0.05) is 9.99 Å². The quantitative estimate of drug-likeness (QED) is 0.0586. The van der Waals surface area contributed by atoms with Crippen molar-refractivity contribution in [1.82, 2.24) is 0 Å². The van der Waals surface area contributed by atoms with E-state index in [4.69, 9.17) is 9.47 Å². The number of aryl methyl sites for hydroxylation is 3. The van der Waals surface area contributed by atoms with Crippen molar-refractivity contribution in [2.75, 3.05) is 0 Å². The van der Waals surface area contributed by atoms with Gasteiger partial charge in [0.25, 0.3) is 16.1 Å². The van der Waals surface area contributed by atoms with Gasteiger partial charge in [-0.2, -0.15) is 8.42 Å². The van der Waals surface area contributed by atoms with Crippen LogP contribution in [0.3, 0.4) is 0 Å². The molecule has 0 bridgehead atoms. The lowest BCUT2D eigenvalue weighted by molar-refractivity contribution is -0.163. The zero-order valence-electron chi connectivity index (χ0n) is 24.3. The van der Waals surface area contributed by atoms with E-state index in [-0.39, 0.29) is 10.8 Å². The maximum Gasteiger partial charge on any atom is 0.361 e. The molecule has 8 heteroatoms. The monoisotopic (exact) mass is 685 g/mol. The number of carbonyl (C=O) groups is 1. The molecule has 3 rings (SSSR count). The molecule has 0 aliphatic carbocycles. The normalized spacial score (nSPS) is 12.7. The second kappa shape index (κ2) is 14.1. The lowest BCUT2D eigenvalue weighted by Crippen LogP contribution is -2.35. The van der Waals surface area contributed by atoms with E-state index < -0.39 is 27.7 Å². The molecule has 0 N–H and O–H groups in total. The molecule has 41 heavy (non-hydrogen) atoms. The number of hydrogen-bond donors (Lipinski definition) is 0. The summed E-state index contributed by atoms with van der Waals surface area (Å²) in [5, 5.41) is 0. The van der Waals surface area contributed by atoms with Crippen LogP contribution in [0.15, 0.2) is 76.0 Å². The number of nitrogens with zero attached hydrogens (tertiary/aromatic N) is 1. The Bertz CT molecular complexity index is 1560. The molecule has 0 aliphatic heterocycles. The first kappa shape index (κ1) is 32.4. The van der Waals surface area contributed by atoms with Gasteiger partial charge >= 0.3 is 5.97 Å². The Hall–Kier alpha value is -3.16. The molecule has 0 aliphatic rings. The predicted molar refractivity (Wildman–Crippen MR) is 171 cm³/mol. The van der Waals surface area contributed by atoms with E-state index in [0.717, 1.165) is 24.0 Å². The van der Waals surface area contributed by atoms with Crippen molar-refractivity contribution in [3.63, 3.8) is 0 Å². The van der Waals surface area contributed by atoms with Gasteiger partial charge in [-0.1, -0.05) is 79.4 Å². The number of carbonyl (C=O) groups excluding carboxylic acids is 1. The molecule has 0 unspecified atom stereocenters. The van der Waals surface area contributed by atoms with Crippen molar-refractivity contribution in [3.05, 3.63) is 98.1 Å². The minimum absolute atomic E-state index is 0.105. The highest BCUT2D eigenvalue weighted by Crippen LogP contribution is 2.27. The number of esters is 1. The number of benzene rings is 3. The van der Waals surface area contributed by atoms with E-state index in [9.17, 15) is 13.2 Å². The van der Waals surface area contributed by atoms with Crippen LogP contribution in [0.1, 0.15) is 67.9 Å². The molecule has 0 fully saturated rings. The summed E-state index contributed by atoms with van der Waals surface area (Å²) >= 11 is 2.09. The van der Waals surface area contributed by atoms with Gasteiger partial charge in [0.1, 0.15) is 5.60 Å². The summed E-state index contributed by atoms with van der Waals surface area (Å²) < 4.78 is 44.3. The Morgan fingerprint density at radius 2 is 1.61 bits per heavy atom. The highest BCUT2D eigenvalue weighted by molar-refractivity contribution is 14.1. The van der Waals surface area contributed by atoms with Gasteiger partial charge in [-0.25, -0.2) is 4.79 Å². The van der Waals surface area contributed by atoms with Gasteiger partial charge in [0.05, 0.1) is 10.5 Å². The predicted octanol–water partition coefficient (Wildman–Crippen LogP) is 7.41. The maximum absolute atomic E-state index is 13.7. The standard InChI is InChI=1S/C33H36INO5S/c1-7-8-9-13-20-29(32(36)40-33(5,6)26-16-11-10-12-17-26)39-31(27-18-14-15-19-28(27)34)35-41(37,38)30-24(3)21-23(2)22-25(30)4/h10-12,14-19,21-22,29H,7-9H2,1-6H3/b35-31-/t29-/m0/s1. The zero-order valence-corrected chi connectivity index (χ0v) is 27.3. The summed E-state index contributed by atoms with van der Waals surface area (Å²) in [6.07, 6.45) is 0.942. The lowest BCUT2D eigenvalue weighted by atomic mass is 9.98. The fourth-order valence-electron chi connectivity index (χ4n) is 4.38. The third-order valence-corrected chi connectivity index (χ3v) is 8.83. The Morgan fingerprint density at radius 1 is 1.00 bits per heavy atom. The molecule has 216 valence electrons. The Kier molecular flexibility index (Phi) is 11.2. The van der Waals surface area contributed by atoms with Crippen LogP contribution < -0.4 is 0 Å². The van der Waals surface area contributed by atoms with E-state index in [1.54, 1.807) is 52.0 Å². The smallest absolute Gasteiger partial charge is 0.361 e. The van der Waals surface area contributed by atoms with Gasteiger partial charge < -0.3 is 9.47 Å². The van der Waals surface area contributed by atoms with Crippen molar-refractivity contribution in [2.45, 2.75) is 77.4 Å². The molecule has 3 aromatic rings. The average molecular weight is 686 g/mol. The van der Waals surface area contributed by atoms with E-state index in [0.29, 0.717) is 26.7 Å². The molecule has 0 amide bonds. The van der Waals surface area contributed by atoms with Crippen molar-refractivity contribution in [3.8, 4) is 11.8 Å². The highest BCUT2D eigenvalue weighted by Gasteiger charge is 2.32. The molecular weight excluding hydrogens is 649 g/mol. The van der Waals surface area contributed by atoms with Crippen molar-refractivity contribution < 1.29 is 22.7 Å². The second-order valence-corrected chi connectivity index (χ2v) is 13.0. The summed E-state index contributed by atoms with van der Waals surface area (Å²) in [5.74, 6) is 4.92. The van der Waals surface area contributed by atoms with Gasteiger partial charge in [0.2, 0.25) is 5.90 Å². The van der Waals surface area contributed by atoms with Crippen LogP contribution in [0.2, 0.25) is 0 Å². The molecule has 6 nitrogen and oxygen atoms in total. The Morgan fingerprint density at radius 3 is 2.22 bits per heavy atom. The third-order valence-electron chi connectivity index (χ3n) is 6.33. The van der Waals surface area contributed by atoms with Crippen LogP contribution in [0, 0.1) is 36.2 Å². The zero-order chi connectivity index (χ0) is 30.2. The molecule has 0 aromatic heterocycles. The average Bonchev–Trinajstić information content (AvgIpc) is 2.89. The number of rotatable bonds is 9. The largest absolute Gasteiger partial charge is 0.451 e. The molecule has 0 radical (unpaired) electrons. The SMILES string of the molecule is CCCCC#C[C@H](O/C(=N\S(=O)(=O)c1c(C)cc(C)cc1C)c1ccccc1I)C(=O)OC(C)(C)c1ccccc1. The highest BCUT2D eigenvalue weighted by atomic mass is 127. The number of hydrogen-bond acceptors (Lipinski definition) is 5. The van der Waals surface area contributed by atoms with E-state index in [2.05, 4.69) is 38.8 Å². The first-order valence-electron chi connectivity index (χ1n) is 13.5. The first-order valence-corrected chi connectivity index (χ1v) is 16.0. The summed E-state index contributed by atoms with van der Waals surface area (Å²) in [5.41, 5.74) is 2.34. The van der Waals surface area contributed by atoms with E-state index >= 15 is 0 Å². The minimum atomic E-state index is -4.22. The number of unbranched alkanes of at least 4 members (excludes halogenated alkanes) is 2. The summed E-state index contributed by atoms with van der Waals surface area (Å²) in [7, 11) is -4.22. The van der Waals surface area contributed by atoms with Crippen LogP contribution in [0.4, 0.5) is 0 Å². The first-order chi connectivity index (χ1) is 19.4. The number of halogens is 1. The topological polar surface area (TPSA) is 82.0 Å². The molecule has 0 saturated heterocycles. The fourth-order valence-corrected chi connectivity index (χ4v) is 6.38. The molecule has 0 heterocycles. The number of ether oxygens (including phenoxy) is 2. The molecular formula is C33H36INO5S. The molecule has 0 saturated carbocycles. The fraction of sp³-hybridized carbons (Fsp3) is 0.333. The van der Waals surface area contributed by atoms with Crippen LogP contribution in [-0.4, -0.2) is 26.4 Å². The van der Waals surface area contributed by atoms with Crippen molar-refractivity contribution in [2.24, 2.45) is 4.40 Å². The third kappa shape index (κ3) is 8.66. The molecule has 0 spiro atoms. The van der Waals surface area contributed by atoms with Crippen LogP contribution in [0.5, 0.6) is 0 Å². The Balaban J connectivity index is 2.11. The Labute approximate surface area is 257 Å². The maximum atomic E-state index is 13.7. The lowest BCUT2D eigenvalue weighted by Gasteiger charge is -2.27. The van der Waals surface area contributed by atoms with Crippen molar-refractivity contribution >= 4 is 44.5 Å². The summed E-state index contributed by atoms with van der Waals surface area (Å²) in [6.45, 7) is 11.0. The van der Waals surface area contributed by atoms with Crippen LogP contribution >= 0.6 is 22.6 Å². The molecule has 1 atom stereocenters. The van der Waals surface area contributed by atoms with Gasteiger partial charge in [-0.05, 0) is 98.4 Å². The van der Waals surface area contributed by atoms with Crippen LogP contribution in [-0.2, 0) is 29.9 Å². The van der Waals surface area contributed by atoms with E-state index in [1.807, 2.05) is 56.3 Å². The molecule has 3 aromatic carbocycles. The van der Waals surface area contributed by atoms with E-state index in [1.165, 1.54) is 0 Å². The van der Waals surface area contributed by atoms with Gasteiger partial charge in [-0.15, -0.1) is 4.40 Å². The number of sulfonamides is 1. The summed E-state index contributed by atoms with van der Waals surface area (Å²) in [6, 6.07) is 20.0. The van der Waals surface area contributed by atoms with Gasteiger partial charge in [0.15, 0.2) is 0 Å². The minimum Gasteiger partial charge on any atom is -0.451 e.